The summed E-state index contributed by atoms with van der Waals surface area (Å²) in [5.41, 5.74) is 1.34. The molecule has 0 atom stereocenters. The number of aromatic amines is 1. The second kappa shape index (κ2) is 6.67. The first kappa shape index (κ1) is 15.2. The van der Waals surface area contributed by atoms with Crippen LogP contribution in [0.15, 0.2) is 22.0 Å². The largest absolute Gasteiger partial charge is 0.378 e. The predicted molar refractivity (Wildman–Crippen MR) is 87.1 cm³/mol. The van der Waals surface area contributed by atoms with Crippen molar-refractivity contribution >= 4 is 45.4 Å². The minimum absolute atomic E-state index is 0.191. The number of anilines is 1. The Kier molecular flexibility index (Phi) is 4.23. The van der Waals surface area contributed by atoms with E-state index in [9.17, 15) is 4.79 Å². The fraction of sp³-hybridized carbons (Fsp3) is 0.333. The highest BCUT2D eigenvalue weighted by Crippen LogP contribution is 2.33. The van der Waals surface area contributed by atoms with Gasteiger partial charge in [-0.2, -0.15) is 0 Å². The van der Waals surface area contributed by atoms with Gasteiger partial charge in [-0.15, -0.1) is 10.2 Å². The number of rotatable bonds is 3. The minimum atomic E-state index is -0.191. The van der Waals surface area contributed by atoms with Gasteiger partial charge in [0, 0.05) is 13.1 Å². The topological polar surface area (TPSA) is 122 Å². The molecule has 1 saturated heterocycles. The molecule has 4 heterocycles. The molecule has 1 aliphatic heterocycles. The van der Waals surface area contributed by atoms with E-state index in [0.717, 1.165) is 5.52 Å². The zero-order chi connectivity index (χ0) is 16.4. The molecule has 3 aromatic heterocycles. The summed E-state index contributed by atoms with van der Waals surface area (Å²) in [7, 11) is 0. The zero-order valence-corrected chi connectivity index (χ0v) is 13.9. The monoisotopic (exact) mass is 364 g/mol. The average molecular weight is 364 g/mol. The van der Waals surface area contributed by atoms with E-state index >= 15 is 0 Å². The molecule has 0 unspecified atom stereocenters. The molecule has 0 aromatic carbocycles. The standard InChI is InChI=1S/C12H12N8O2S2/c21-11(20-1-3-22-4-2-20)17-10-18-19-12(24-10)23-9-7-8(14-5-13-7)15-6-16-9/h5-6H,1-4H2,(H,17,18,21)(H,13,14,15,16). The van der Waals surface area contributed by atoms with Crippen LogP contribution in [0.3, 0.4) is 0 Å². The van der Waals surface area contributed by atoms with Gasteiger partial charge in [-0.3, -0.25) is 5.32 Å². The Balaban J connectivity index is 1.45. The zero-order valence-electron chi connectivity index (χ0n) is 12.3. The maximum Gasteiger partial charge on any atom is 0.323 e. The number of amides is 2. The van der Waals surface area contributed by atoms with Crippen LogP contribution in [0.25, 0.3) is 11.2 Å². The lowest BCUT2D eigenvalue weighted by atomic mass is 10.4. The first-order valence-corrected chi connectivity index (χ1v) is 8.72. The van der Waals surface area contributed by atoms with Crippen molar-refractivity contribution in [3.63, 3.8) is 0 Å². The van der Waals surface area contributed by atoms with Crippen LogP contribution < -0.4 is 5.32 Å². The highest BCUT2D eigenvalue weighted by atomic mass is 32.2. The lowest BCUT2D eigenvalue weighted by molar-refractivity contribution is 0.0564. The van der Waals surface area contributed by atoms with Crippen molar-refractivity contribution in [2.75, 3.05) is 31.6 Å². The van der Waals surface area contributed by atoms with Gasteiger partial charge >= 0.3 is 6.03 Å². The SMILES string of the molecule is O=C(Nc1nnc(Sc2ncnc3nc[nH]c23)s1)N1CCOCC1. The summed E-state index contributed by atoms with van der Waals surface area (Å²) in [5.74, 6) is 0. The van der Waals surface area contributed by atoms with Crippen LogP contribution in [0.2, 0.25) is 0 Å². The van der Waals surface area contributed by atoms with Gasteiger partial charge in [0.05, 0.1) is 19.5 Å². The summed E-state index contributed by atoms with van der Waals surface area (Å²) in [6, 6.07) is -0.191. The normalized spacial score (nSPS) is 14.9. The van der Waals surface area contributed by atoms with Gasteiger partial charge < -0.3 is 14.6 Å². The molecule has 2 N–H and O–H groups in total. The number of urea groups is 1. The summed E-state index contributed by atoms with van der Waals surface area (Å²) in [6.45, 7) is 2.26. The van der Waals surface area contributed by atoms with E-state index in [-0.39, 0.29) is 6.03 Å². The van der Waals surface area contributed by atoms with Crippen LogP contribution in [0, 0.1) is 0 Å². The minimum Gasteiger partial charge on any atom is -0.378 e. The summed E-state index contributed by atoms with van der Waals surface area (Å²) >= 11 is 2.63. The van der Waals surface area contributed by atoms with E-state index in [1.165, 1.54) is 29.4 Å². The molecule has 10 nitrogen and oxygen atoms in total. The molecule has 0 radical (unpaired) electrons. The second-order valence-electron chi connectivity index (χ2n) is 4.78. The average Bonchev–Trinajstić information content (AvgIpc) is 3.25. The summed E-state index contributed by atoms with van der Waals surface area (Å²) in [6.07, 6.45) is 3.02. The molecule has 4 rings (SSSR count). The molecule has 0 aliphatic carbocycles. The Morgan fingerprint density at radius 1 is 1.29 bits per heavy atom. The highest BCUT2D eigenvalue weighted by Gasteiger charge is 2.19. The second-order valence-corrected chi connectivity index (χ2v) is 7.00. The Labute approximate surface area is 144 Å². The number of fused-ring (bicyclic) bond motifs is 1. The van der Waals surface area contributed by atoms with Crippen LogP contribution in [0.4, 0.5) is 9.93 Å². The maximum absolute atomic E-state index is 12.1. The van der Waals surface area contributed by atoms with Crippen molar-refractivity contribution in [2.24, 2.45) is 0 Å². The molecule has 3 aromatic rings. The number of H-pyrrole nitrogens is 1. The Bertz CT molecular complexity index is 859. The number of nitrogens with zero attached hydrogens (tertiary/aromatic N) is 6. The van der Waals surface area contributed by atoms with Crippen molar-refractivity contribution in [3.05, 3.63) is 12.7 Å². The number of imidazole rings is 1. The van der Waals surface area contributed by atoms with E-state index in [1.54, 1.807) is 11.2 Å². The number of carbonyl (C=O) groups is 1. The summed E-state index contributed by atoms with van der Waals surface area (Å²) < 4.78 is 5.90. The Morgan fingerprint density at radius 2 is 2.17 bits per heavy atom. The first-order valence-electron chi connectivity index (χ1n) is 7.09. The first-order chi connectivity index (χ1) is 11.8. The lowest BCUT2D eigenvalue weighted by Gasteiger charge is -2.26. The van der Waals surface area contributed by atoms with E-state index in [1.807, 2.05) is 0 Å². The van der Waals surface area contributed by atoms with Crippen molar-refractivity contribution in [1.29, 1.82) is 0 Å². The van der Waals surface area contributed by atoms with Gasteiger partial charge in [-0.25, -0.2) is 19.7 Å². The number of ether oxygens (including phenoxy) is 1. The number of morpholine rings is 1. The smallest absolute Gasteiger partial charge is 0.323 e. The molecule has 1 aliphatic rings. The number of hydrogen-bond donors (Lipinski definition) is 2. The molecule has 0 spiro atoms. The molecular formula is C12H12N8O2S2. The molecule has 1 fully saturated rings. The number of hydrogen-bond acceptors (Lipinski definition) is 9. The quantitative estimate of drug-likeness (QED) is 0.525. The molecule has 2 amide bonds. The van der Waals surface area contributed by atoms with Crippen LogP contribution in [-0.2, 0) is 4.74 Å². The number of carbonyl (C=O) groups excluding carboxylic acids is 1. The molecule has 124 valence electrons. The predicted octanol–water partition coefficient (Wildman–Crippen LogP) is 1.22. The molecule has 0 bridgehead atoms. The van der Waals surface area contributed by atoms with Crippen LogP contribution in [0.5, 0.6) is 0 Å². The van der Waals surface area contributed by atoms with Gasteiger partial charge in [0.2, 0.25) is 5.13 Å². The third-order valence-corrected chi connectivity index (χ3v) is 5.18. The Morgan fingerprint density at radius 3 is 3.04 bits per heavy atom. The molecule has 24 heavy (non-hydrogen) atoms. The third kappa shape index (κ3) is 3.16. The summed E-state index contributed by atoms with van der Waals surface area (Å²) in [5, 5.41) is 12.0. The van der Waals surface area contributed by atoms with Crippen LogP contribution in [-0.4, -0.2) is 67.4 Å². The molecular weight excluding hydrogens is 352 g/mol. The number of nitrogens with one attached hydrogen (secondary N) is 2. The van der Waals surface area contributed by atoms with Gasteiger partial charge in [0.15, 0.2) is 9.99 Å². The lowest BCUT2D eigenvalue weighted by Crippen LogP contribution is -2.43. The van der Waals surface area contributed by atoms with E-state index in [4.69, 9.17) is 4.74 Å². The van der Waals surface area contributed by atoms with Gasteiger partial charge in [0.25, 0.3) is 0 Å². The van der Waals surface area contributed by atoms with Crippen molar-refractivity contribution < 1.29 is 9.53 Å². The van der Waals surface area contributed by atoms with Crippen molar-refractivity contribution in [2.45, 2.75) is 9.37 Å². The molecule has 12 heteroatoms. The highest BCUT2D eigenvalue weighted by molar-refractivity contribution is 8.01. The van der Waals surface area contributed by atoms with Crippen molar-refractivity contribution in [3.8, 4) is 0 Å². The maximum atomic E-state index is 12.1. The van der Waals surface area contributed by atoms with Gasteiger partial charge in [0.1, 0.15) is 16.9 Å². The fourth-order valence-electron chi connectivity index (χ4n) is 2.14. The Hall–Kier alpha value is -2.31. The molecule has 0 saturated carbocycles. The van der Waals surface area contributed by atoms with Gasteiger partial charge in [-0.05, 0) is 11.8 Å². The van der Waals surface area contributed by atoms with E-state index < -0.39 is 0 Å². The van der Waals surface area contributed by atoms with Crippen molar-refractivity contribution in [1.82, 2.24) is 35.0 Å². The number of aromatic nitrogens is 6. The third-order valence-electron chi connectivity index (χ3n) is 3.29. The van der Waals surface area contributed by atoms with Crippen LogP contribution in [0.1, 0.15) is 0 Å². The van der Waals surface area contributed by atoms with E-state index in [2.05, 4.69) is 35.5 Å². The summed E-state index contributed by atoms with van der Waals surface area (Å²) in [4.78, 5) is 29.2. The van der Waals surface area contributed by atoms with Crippen LogP contribution >= 0.6 is 23.1 Å². The van der Waals surface area contributed by atoms with Gasteiger partial charge in [-0.1, -0.05) is 11.3 Å². The fourth-order valence-corrected chi connectivity index (χ4v) is 3.85. The van der Waals surface area contributed by atoms with E-state index in [0.29, 0.717) is 46.4 Å².